The lowest BCUT2D eigenvalue weighted by atomic mass is 9.85. The zero-order valence-electron chi connectivity index (χ0n) is 20.6. The van der Waals surface area contributed by atoms with Gasteiger partial charge in [-0.2, -0.15) is 14.9 Å². The van der Waals surface area contributed by atoms with Crippen molar-refractivity contribution in [3.63, 3.8) is 0 Å². The third-order valence-electron chi connectivity index (χ3n) is 6.13. The molecule has 37 heavy (non-hydrogen) atoms. The molecule has 3 heterocycles. The van der Waals surface area contributed by atoms with Gasteiger partial charge in [0.2, 0.25) is 5.91 Å². The summed E-state index contributed by atoms with van der Waals surface area (Å²) >= 11 is 0. The van der Waals surface area contributed by atoms with Gasteiger partial charge in [0, 0.05) is 23.5 Å². The summed E-state index contributed by atoms with van der Waals surface area (Å²) in [4.78, 5) is 17.5. The highest BCUT2D eigenvalue weighted by atomic mass is 16.5. The van der Waals surface area contributed by atoms with Crippen molar-refractivity contribution < 1.29 is 19.0 Å². The van der Waals surface area contributed by atoms with Gasteiger partial charge in [-0.1, -0.05) is 12.0 Å². The Morgan fingerprint density at radius 1 is 1.14 bits per heavy atom. The summed E-state index contributed by atoms with van der Waals surface area (Å²) in [5, 5.41) is 15.9. The van der Waals surface area contributed by atoms with Gasteiger partial charge in [-0.3, -0.25) is 4.79 Å². The standard InChI is InChI=1S/C27H24N6O4/c1-5-12-37-23-13-18(8-11-22(23)36-4)20-14-24(34)30-26-25(20)16(2)32-33(26)27-29-21(15-28-31-27)17-6-9-19(35-3)10-7-17/h1,6-11,13,15,20H,12,14H2,2-4H3,(H,30,34). The van der Waals surface area contributed by atoms with Crippen molar-refractivity contribution in [1.29, 1.82) is 0 Å². The highest BCUT2D eigenvalue weighted by molar-refractivity contribution is 5.95. The number of fused-ring (bicyclic) bond motifs is 1. The summed E-state index contributed by atoms with van der Waals surface area (Å²) in [6, 6.07) is 13.0. The van der Waals surface area contributed by atoms with Crippen LogP contribution in [0.2, 0.25) is 0 Å². The Bertz CT molecular complexity index is 1510. The van der Waals surface area contributed by atoms with E-state index in [0.717, 1.165) is 28.1 Å². The molecule has 2 aromatic heterocycles. The van der Waals surface area contributed by atoms with E-state index in [1.807, 2.05) is 43.3 Å². The first-order valence-electron chi connectivity index (χ1n) is 11.5. The van der Waals surface area contributed by atoms with Gasteiger partial charge < -0.3 is 19.5 Å². The van der Waals surface area contributed by atoms with Crippen LogP contribution in [0.5, 0.6) is 17.2 Å². The predicted molar refractivity (Wildman–Crippen MR) is 136 cm³/mol. The number of nitrogens with zero attached hydrogens (tertiary/aromatic N) is 5. The number of amides is 1. The van der Waals surface area contributed by atoms with Crippen LogP contribution in [0.1, 0.15) is 29.2 Å². The number of benzene rings is 2. The van der Waals surface area contributed by atoms with Crippen molar-refractivity contribution in [1.82, 2.24) is 25.0 Å². The predicted octanol–water partition coefficient (Wildman–Crippen LogP) is 3.54. The van der Waals surface area contributed by atoms with E-state index in [1.54, 1.807) is 26.5 Å². The van der Waals surface area contributed by atoms with Crippen molar-refractivity contribution in [3.8, 4) is 46.8 Å². The SMILES string of the molecule is C#CCOc1cc(C2CC(=O)Nc3c2c(C)nn3-c2nncc(-c3ccc(OC)cc3)n2)ccc1OC. The molecule has 0 saturated carbocycles. The number of hydrogen-bond donors (Lipinski definition) is 1. The van der Waals surface area contributed by atoms with Crippen LogP contribution >= 0.6 is 0 Å². The molecule has 0 radical (unpaired) electrons. The lowest BCUT2D eigenvalue weighted by Gasteiger charge is -2.25. The zero-order chi connectivity index (χ0) is 25.9. The maximum atomic E-state index is 12.8. The van der Waals surface area contributed by atoms with Crippen LogP contribution in [-0.2, 0) is 4.79 Å². The number of aryl methyl sites for hydroxylation is 1. The fourth-order valence-corrected chi connectivity index (χ4v) is 4.40. The average molecular weight is 497 g/mol. The van der Waals surface area contributed by atoms with E-state index in [0.29, 0.717) is 23.0 Å². The molecule has 186 valence electrons. The van der Waals surface area contributed by atoms with Crippen LogP contribution < -0.4 is 19.5 Å². The van der Waals surface area contributed by atoms with E-state index in [-0.39, 0.29) is 30.8 Å². The van der Waals surface area contributed by atoms with Gasteiger partial charge in [-0.25, -0.2) is 4.98 Å². The molecule has 1 aliphatic rings. The van der Waals surface area contributed by atoms with Crippen LogP contribution in [0.3, 0.4) is 0 Å². The number of rotatable bonds is 7. The maximum Gasteiger partial charge on any atom is 0.272 e. The molecule has 10 heteroatoms. The Morgan fingerprint density at radius 2 is 1.95 bits per heavy atom. The third-order valence-corrected chi connectivity index (χ3v) is 6.13. The smallest absolute Gasteiger partial charge is 0.272 e. The first-order chi connectivity index (χ1) is 18.0. The fraction of sp³-hybridized carbons (Fsp3) is 0.222. The van der Waals surface area contributed by atoms with E-state index in [9.17, 15) is 4.79 Å². The Hall–Kier alpha value is -4.91. The number of terminal acetylenes is 1. The number of carbonyl (C=O) groups excluding carboxylic acids is 1. The lowest BCUT2D eigenvalue weighted by Crippen LogP contribution is -2.25. The van der Waals surface area contributed by atoms with Gasteiger partial charge in [0.1, 0.15) is 18.2 Å². The molecule has 5 rings (SSSR count). The molecule has 1 amide bonds. The normalized spacial score (nSPS) is 14.3. The molecule has 2 aromatic carbocycles. The number of ether oxygens (including phenoxy) is 3. The van der Waals surface area contributed by atoms with Crippen LogP contribution in [-0.4, -0.2) is 51.7 Å². The molecular formula is C27H24N6O4. The van der Waals surface area contributed by atoms with E-state index in [1.165, 1.54) is 4.68 Å². The monoisotopic (exact) mass is 496 g/mol. The fourth-order valence-electron chi connectivity index (χ4n) is 4.40. The van der Waals surface area contributed by atoms with Crippen molar-refractivity contribution >= 4 is 11.7 Å². The summed E-state index contributed by atoms with van der Waals surface area (Å²) in [5.74, 6) is 4.59. The van der Waals surface area contributed by atoms with Gasteiger partial charge in [-0.05, 0) is 48.9 Å². The topological polar surface area (TPSA) is 113 Å². The highest BCUT2D eigenvalue weighted by Crippen LogP contribution is 2.42. The van der Waals surface area contributed by atoms with Gasteiger partial charge in [0.15, 0.2) is 11.5 Å². The van der Waals surface area contributed by atoms with Gasteiger partial charge >= 0.3 is 0 Å². The van der Waals surface area contributed by atoms with Crippen LogP contribution in [0, 0.1) is 19.3 Å². The first-order valence-corrected chi connectivity index (χ1v) is 11.5. The van der Waals surface area contributed by atoms with E-state index >= 15 is 0 Å². The Morgan fingerprint density at radius 3 is 2.68 bits per heavy atom. The lowest BCUT2D eigenvalue weighted by molar-refractivity contribution is -0.116. The van der Waals surface area contributed by atoms with Crippen molar-refractivity contribution in [3.05, 3.63) is 65.5 Å². The second-order valence-corrected chi connectivity index (χ2v) is 8.34. The molecule has 0 fully saturated rings. The molecule has 0 spiro atoms. The van der Waals surface area contributed by atoms with Crippen LogP contribution in [0.4, 0.5) is 5.82 Å². The van der Waals surface area contributed by atoms with E-state index in [2.05, 4.69) is 31.5 Å². The molecule has 0 saturated heterocycles. The first kappa shape index (κ1) is 23.8. The summed E-state index contributed by atoms with van der Waals surface area (Å²) in [7, 11) is 3.17. The van der Waals surface area contributed by atoms with Crippen molar-refractivity contribution in [2.24, 2.45) is 0 Å². The second-order valence-electron chi connectivity index (χ2n) is 8.34. The van der Waals surface area contributed by atoms with Gasteiger partial charge in [-0.15, -0.1) is 11.5 Å². The molecule has 1 unspecified atom stereocenters. The molecule has 4 aromatic rings. The molecular weight excluding hydrogens is 472 g/mol. The number of methoxy groups -OCH3 is 2. The molecule has 1 aliphatic heterocycles. The van der Waals surface area contributed by atoms with Crippen LogP contribution in [0.25, 0.3) is 17.2 Å². The summed E-state index contributed by atoms with van der Waals surface area (Å²) in [6.07, 6.45) is 7.18. The van der Waals surface area contributed by atoms with Gasteiger partial charge in [0.25, 0.3) is 5.95 Å². The third kappa shape index (κ3) is 4.54. The maximum absolute atomic E-state index is 12.8. The zero-order valence-corrected chi connectivity index (χ0v) is 20.6. The average Bonchev–Trinajstić information content (AvgIpc) is 3.27. The minimum Gasteiger partial charge on any atom is -0.497 e. The summed E-state index contributed by atoms with van der Waals surface area (Å²) < 4.78 is 17.8. The van der Waals surface area contributed by atoms with E-state index in [4.69, 9.17) is 20.6 Å². The molecule has 0 bridgehead atoms. The quantitative estimate of drug-likeness (QED) is 0.387. The van der Waals surface area contributed by atoms with Crippen molar-refractivity contribution in [2.75, 3.05) is 26.1 Å². The Labute approximate surface area is 213 Å². The largest absolute Gasteiger partial charge is 0.497 e. The minimum absolute atomic E-state index is 0.0993. The van der Waals surface area contributed by atoms with Crippen molar-refractivity contribution in [2.45, 2.75) is 19.3 Å². The molecule has 10 nitrogen and oxygen atoms in total. The number of anilines is 1. The number of hydrogen-bond acceptors (Lipinski definition) is 8. The van der Waals surface area contributed by atoms with Gasteiger partial charge in [0.05, 0.1) is 31.8 Å². The second kappa shape index (κ2) is 9.99. The van der Waals surface area contributed by atoms with Crippen LogP contribution in [0.15, 0.2) is 48.7 Å². The molecule has 1 atom stereocenters. The Kier molecular flexibility index (Phi) is 6.43. The molecule has 1 N–H and O–H groups in total. The number of aromatic nitrogens is 5. The number of carbonyl (C=O) groups is 1. The number of nitrogens with one attached hydrogen (secondary N) is 1. The highest BCUT2D eigenvalue weighted by Gasteiger charge is 2.34. The Balaban J connectivity index is 1.56. The summed E-state index contributed by atoms with van der Waals surface area (Å²) in [6.45, 7) is 1.99. The van der Waals surface area contributed by atoms with E-state index < -0.39 is 0 Å². The minimum atomic E-state index is -0.269. The summed E-state index contributed by atoms with van der Waals surface area (Å²) in [5.41, 5.74) is 3.93. The molecule has 0 aliphatic carbocycles.